The van der Waals surface area contributed by atoms with Crippen molar-refractivity contribution in [1.29, 1.82) is 0 Å². The molecular weight excluding hydrogens is 396 g/mol. The molecule has 1 amide bonds. The number of likely N-dealkylation sites (tertiary alicyclic amines) is 1. The smallest absolute Gasteiger partial charge is 0.240 e. The highest BCUT2D eigenvalue weighted by atomic mass is 32.2. The highest BCUT2D eigenvalue weighted by Gasteiger charge is 2.34. The second-order valence-corrected chi connectivity index (χ2v) is 9.15. The van der Waals surface area contributed by atoms with E-state index >= 15 is 0 Å². The van der Waals surface area contributed by atoms with E-state index in [0.29, 0.717) is 12.5 Å². The van der Waals surface area contributed by atoms with E-state index < -0.39 is 0 Å². The topological polar surface area (TPSA) is 64.2 Å². The van der Waals surface area contributed by atoms with Gasteiger partial charge in [0.25, 0.3) is 0 Å². The van der Waals surface area contributed by atoms with Crippen molar-refractivity contribution in [3.05, 3.63) is 65.9 Å². The molecule has 0 spiro atoms. The van der Waals surface area contributed by atoms with E-state index in [0.717, 1.165) is 61.1 Å². The number of piperidine rings is 1. The minimum atomic E-state index is -0.323. The maximum absolute atomic E-state index is 13.5. The number of benzene rings is 1. The zero-order chi connectivity index (χ0) is 20.3. The van der Waals surface area contributed by atoms with Crippen molar-refractivity contribution < 1.29 is 9.21 Å². The van der Waals surface area contributed by atoms with Crippen LogP contribution in [0.3, 0.4) is 0 Å². The molecule has 1 aliphatic heterocycles. The molecule has 7 heteroatoms. The van der Waals surface area contributed by atoms with E-state index in [1.54, 1.807) is 6.26 Å². The summed E-state index contributed by atoms with van der Waals surface area (Å²) < 4.78 is 7.73. The average molecular weight is 423 g/mol. The lowest BCUT2D eigenvalue weighted by molar-refractivity contribution is -0.131. The third kappa shape index (κ3) is 4.17. The number of aromatic nitrogens is 3. The van der Waals surface area contributed by atoms with Gasteiger partial charge in [0.2, 0.25) is 5.91 Å². The van der Waals surface area contributed by atoms with Gasteiger partial charge >= 0.3 is 0 Å². The summed E-state index contributed by atoms with van der Waals surface area (Å²) in [4.78, 5) is 15.5. The Bertz CT molecular complexity index is 976. The van der Waals surface area contributed by atoms with Crippen molar-refractivity contribution in [2.45, 2.75) is 55.0 Å². The lowest BCUT2D eigenvalue weighted by atomic mass is 10.1. The van der Waals surface area contributed by atoms with E-state index in [1.165, 1.54) is 18.2 Å². The Labute approximate surface area is 180 Å². The lowest BCUT2D eigenvalue weighted by Crippen LogP contribution is -2.38. The SMILES string of the molecule is O=C(C(Sc1nnc(C2CC2)n1Cc1ccco1)c1ccccc1)N1CCCCC1. The predicted octanol–water partition coefficient (Wildman–Crippen LogP) is 4.64. The molecule has 0 N–H and O–H groups in total. The van der Waals surface area contributed by atoms with Crippen molar-refractivity contribution in [3.8, 4) is 0 Å². The third-order valence-electron chi connectivity index (χ3n) is 5.80. The molecule has 30 heavy (non-hydrogen) atoms. The Kier molecular flexibility index (Phi) is 5.62. The van der Waals surface area contributed by atoms with Gasteiger partial charge in [0.1, 0.15) is 16.8 Å². The van der Waals surface area contributed by atoms with Crippen LogP contribution in [-0.4, -0.2) is 38.7 Å². The van der Waals surface area contributed by atoms with Crippen LogP contribution in [0.5, 0.6) is 0 Å². The van der Waals surface area contributed by atoms with Crippen LogP contribution in [0, 0.1) is 0 Å². The molecule has 1 aromatic carbocycles. The number of hydrogen-bond acceptors (Lipinski definition) is 5. The standard InChI is InChI=1S/C23H26N4O2S/c28-22(26-13-5-2-6-14-26)20(17-8-3-1-4-9-17)30-23-25-24-21(18-11-12-18)27(23)16-19-10-7-15-29-19/h1,3-4,7-10,15,18,20H,2,5-6,11-14,16H2. The zero-order valence-electron chi connectivity index (χ0n) is 16.9. The van der Waals surface area contributed by atoms with E-state index in [1.807, 2.05) is 47.4 Å². The molecule has 2 aromatic heterocycles. The summed E-state index contributed by atoms with van der Waals surface area (Å²) >= 11 is 1.51. The van der Waals surface area contributed by atoms with E-state index in [-0.39, 0.29) is 11.2 Å². The van der Waals surface area contributed by atoms with Crippen LogP contribution in [0.1, 0.15) is 60.4 Å². The van der Waals surface area contributed by atoms with Gasteiger partial charge in [-0.3, -0.25) is 9.36 Å². The maximum Gasteiger partial charge on any atom is 0.240 e. The van der Waals surface area contributed by atoms with Crippen LogP contribution in [0.25, 0.3) is 0 Å². The first-order valence-corrected chi connectivity index (χ1v) is 11.6. The van der Waals surface area contributed by atoms with Crippen molar-refractivity contribution in [2.75, 3.05) is 13.1 Å². The summed E-state index contributed by atoms with van der Waals surface area (Å²) in [6, 6.07) is 13.9. The summed E-state index contributed by atoms with van der Waals surface area (Å²) in [5.74, 6) is 2.52. The number of nitrogens with zero attached hydrogens (tertiary/aromatic N) is 4. The van der Waals surface area contributed by atoms with Crippen molar-refractivity contribution >= 4 is 17.7 Å². The quantitative estimate of drug-likeness (QED) is 0.519. The molecule has 0 radical (unpaired) electrons. The highest BCUT2D eigenvalue weighted by Crippen LogP contribution is 2.42. The van der Waals surface area contributed by atoms with Gasteiger partial charge in [-0.2, -0.15) is 0 Å². The van der Waals surface area contributed by atoms with Crippen molar-refractivity contribution in [3.63, 3.8) is 0 Å². The van der Waals surface area contributed by atoms with Crippen LogP contribution in [0.2, 0.25) is 0 Å². The van der Waals surface area contributed by atoms with Gasteiger partial charge in [0.15, 0.2) is 5.16 Å². The van der Waals surface area contributed by atoms with Crippen LogP contribution in [0.4, 0.5) is 0 Å². The Balaban J connectivity index is 1.46. The number of furan rings is 1. The Morgan fingerprint density at radius 2 is 1.87 bits per heavy atom. The minimum absolute atomic E-state index is 0.173. The molecule has 3 aromatic rings. The summed E-state index contributed by atoms with van der Waals surface area (Å²) in [5, 5.41) is 9.48. The zero-order valence-corrected chi connectivity index (χ0v) is 17.8. The van der Waals surface area contributed by atoms with Crippen molar-refractivity contribution in [1.82, 2.24) is 19.7 Å². The number of carbonyl (C=O) groups is 1. The van der Waals surface area contributed by atoms with Gasteiger partial charge in [0.05, 0.1) is 12.8 Å². The van der Waals surface area contributed by atoms with Gasteiger partial charge < -0.3 is 9.32 Å². The summed E-state index contributed by atoms with van der Waals surface area (Å²) in [5.41, 5.74) is 1.01. The molecule has 1 unspecified atom stereocenters. The van der Waals surface area contributed by atoms with Gasteiger partial charge in [-0.15, -0.1) is 10.2 Å². The summed E-state index contributed by atoms with van der Waals surface area (Å²) in [6.45, 7) is 2.28. The molecule has 2 aliphatic rings. The molecule has 2 fully saturated rings. The molecule has 1 saturated heterocycles. The monoisotopic (exact) mass is 422 g/mol. The van der Waals surface area contributed by atoms with Crippen molar-refractivity contribution in [2.24, 2.45) is 0 Å². The molecule has 3 heterocycles. The molecular formula is C23H26N4O2S. The van der Waals surface area contributed by atoms with Gasteiger partial charge in [-0.05, 0) is 49.8 Å². The van der Waals surface area contributed by atoms with Gasteiger partial charge in [0, 0.05) is 19.0 Å². The molecule has 5 rings (SSSR count). The second-order valence-electron chi connectivity index (χ2n) is 8.08. The molecule has 6 nitrogen and oxygen atoms in total. The average Bonchev–Trinajstić information content (AvgIpc) is 3.37. The molecule has 156 valence electrons. The third-order valence-corrected chi connectivity index (χ3v) is 7.02. The summed E-state index contributed by atoms with van der Waals surface area (Å²) in [7, 11) is 0. The number of rotatable bonds is 7. The maximum atomic E-state index is 13.5. The number of hydrogen-bond donors (Lipinski definition) is 0. The van der Waals surface area contributed by atoms with Crippen LogP contribution in [0.15, 0.2) is 58.3 Å². The molecule has 1 aliphatic carbocycles. The number of amides is 1. The van der Waals surface area contributed by atoms with E-state index in [9.17, 15) is 4.79 Å². The Morgan fingerprint density at radius 1 is 1.07 bits per heavy atom. The highest BCUT2D eigenvalue weighted by molar-refractivity contribution is 8.00. The summed E-state index contributed by atoms with van der Waals surface area (Å²) in [6.07, 6.45) is 7.35. The first kappa shape index (κ1) is 19.4. The first-order chi connectivity index (χ1) is 14.8. The van der Waals surface area contributed by atoms with Crippen LogP contribution < -0.4 is 0 Å². The van der Waals surface area contributed by atoms with E-state index in [2.05, 4.69) is 14.8 Å². The first-order valence-electron chi connectivity index (χ1n) is 10.8. The van der Waals surface area contributed by atoms with Gasteiger partial charge in [-0.1, -0.05) is 42.1 Å². The number of thioether (sulfide) groups is 1. The Morgan fingerprint density at radius 3 is 2.57 bits per heavy atom. The minimum Gasteiger partial charge on any atom is -0.467 e. The van der Waals surface area contributed by atoms with E-state index in [4.69, 9.17) is 4.42 Å². The fraction of sp³-hybridized carbons (Fsp3) is 0.435. The normalized spacial score (nSPS) is 17.8. The van der Waals surface area contributed by atoms with Crippen LogP contribution in [-0.2, 0) is 11.3 Å². The molecule has 0 bridgehead atoms. The lowest BCUT2D eigenvalue weighted by Gasteiger charge is -2.30. The van der Waals surface area contributed by atoms with Crippen LogP contribution >= 0.6 is 11.8 Å². The molecule has 1 saturated carbocycles. The predicted molar refractivity (Wildman–Crippen MR) is 115 cm³/mol. The number of carbonyl (C=O) groups excluding carboxylic acids is 1. The fourth-order valence-electron chi connectivity index (χ4n) is 4.01. The fourth-order valence-corrected chi connectivity index (χ4v) is 5.14. The molecule has 1 atom stereocenters. The Hall–Kier alpha value is -2.54. The largest absolute Gasteiger partial charge is 0.467 e. The van der Waals surface area contributed by atoms with Gasteiger partial charge in [-0.25, -0.2) is 0 Å². The second kappa shape index (κ2) is 8.68.